The first-order valence-electron chi connectivity index (χ1n) is 3.70. The summed E-state index contributed by atoms with van der Waals surface area (Å²) in [6, 6.07) is 3.04. The van der Waals surface area contributed by atoms with E-state index in [4.69, 9.17) is 4.55 Å². The first-order chi connectivity index (χ1) is 6.77. The number of imidazole rings is 1. The van der Waals surface area contributed by atoms with Crippen LogP contribution in [0, 0.1) is 0 Å². The molecule has 2 rings (SSSR count). The van der Waals surface area contributed by atoms with Crippen LogP contribution < -0.4 is 0 Å². The number of hydrogen-bond donors (Lipinski definition) is 1. The fraction of sp³-hybridized carbons (Fsp3) is 0. The molecule has 1 N–H and O–H groups in total. The highest BCUT2D eigenvalue weighted by molar-refractivity contribution is 7.79. The van der Waals surface area contributed by atoms with Crippen LogP contribution in [-0.4, -0.2) is 28.5 Å². The molecule has 14 heavy (non-hydrogen) atoms. The van der Waals surface area contributed by atoms with Crippen molar-refractivity contribution in [2.45, 2.75) is 5.03 Å². The van der Waals surface area contributed by atoms with Crippen LogP contribution in [-0.2, 0) is 11.1 Å². The minimum atomic E-state index is -2.08. The van der Waals surface area contributed by atoms with Crippen molar-refractivity contribution in [2.24, 2.45) is 0 Å². The number of nitrogens with zero attached hydrogens (tertiary/aromatic N) is 4. The molecule has 0 bridgehead atoms. The highest BCUT2D eigenvalue weighted by Gasteiger charge is 2.03. The minimum Gasteiger partial charge on any atom is -0.301 e. The molecule has 0 amide bonds. The Balaban J connectivity index is 2.36. The molecule has 2 aromatic rings. The molecule has 1 atom stereocenters. The van der Waals surface area contributed by atoms with Crippen molar-refractivity contribution in [3.8, 4) is 5.82 Å². The monoisotopic (exact) mass is 210 g/mol. The molecule has 2 heterocycles. The Bertz CT molecular complexity index is 439. The van der Waals surface area contributed by atoms with E-state index in [1.807, 2.05) is 0 Å². The van der Waals surface area contributed by atoms with E-state index in [1.54, 1.807) is 29.4 Å². The molecule has 0 aliphatic heterocycles. The number of rotatable bonds is 2. The molecule has 72 valence electrons. The van der Waals surface area contributed by atoms with Crippen LogP contribution >= 0.6 is 0 Å². The van der Waals surface area contributed by atoms with Crippen LogP contribution in [0.2, 0.25) is 0 Å². The van der Waals surface area contributed by atoms with Crippen LogP contribution in [0.3, 0.4) is 0 Å². The average Bonchev–Trinajstić information content (AvgIpc) is 2.71. The molecule has 0 fully saturated rings. The van der Waals surface area contributed by atoms with Gasteiger partial charge in [-0.25, -0.2) is 9.19 Å². The van der Waals surface area contributed by atoms with E-state index in [9.17, 15) is 4.21 Å². The van der Waals surface area contributed by atoms with Crippen molar-refractivity contribution in [3.63, 3.8) is 0 Å². The molecule has 0 saturated heterocycles. The Kier molecular flexibility index (Phi) is 2.33. The molecule has 2 aromatic heterocycles. The minimum absolute atomic E-state index is 0.0360. The van der Waals surface area contributed by atoms with Crippen LogP contribution in [0.15, 0.2) is 35.9 Å². The summed E-state index contributed by atoms with van der Waals surface area (Å²) in [5.41, 5.74) is 0. The Labute approximate surface area is 81.9 Å². The third-order valence-corrected chi connectivity index (χ3v) is 2.15. The van der Waals surface area contributed by atoms with E-state index in [0.717, 1.165) is 0 Å². The van der Waals surface area contributed by atoms with Crippen LogP contribution in [0.25, 0.3) is 5.82 Å². The molecule has 0 aliphatic rings. The summed E-state index contributed by atoms with van der Waals surface area (Å²) >= 11 is -2.08. The van der Waals surface area contributed by atoms with Gasteiger partial charge in [-0.05, 0) is 12.1 Å². The lowest BCUT2D eigenvalue weighted by molar-refractivity contribution is 0.558. The van der Waals surface area contributed by atoms with E-state index >= 15 is 0 Å². The molecular weight excluding hydrogens is 204 g/mol. The van der Waals surface area contributed by atoms with Crippen LogP contribution in [0.1, 0.15) is 0 Å². The molecule has 0 spiro atoms. The second-order valence-electron chi connectivity index (χ2n) is 2.45. The predicted molar refractivity (Wildman–Crippen MR) is 48.2 cm³/mol. The lowest BCUT2D eigenvalue weighted by Crippen LogP contribution is -2.00. The first kappa shape index (κ1) is 8.97. The second-order valence-corrected chi connectivity index (χ2v) is 3.37. The molecule has 6 nitrogen and oxygen atoms in total. The van der Waals surface area contributed by atoms with E-state index in [2.05, 4.69) is 15.2 Å². The summed E-state index contributed by atoms with van der Waals surface area (Å²) in [5, 5.41) is 7.38. The molecule has 0 saturated carbocycles. The summed E-state index contributed by atoms with van der Waals surface area (Å²) < 4.78 is 20.9. The van der Waals surface area contributed by atoms with Gasteiger partial charge in [-0.2, -0.15) is 0 Å². The normalized spacial score (nSPS) is 12.6. The van der Waals surface area contributed by atoms with Gasteiger partial charge in [-0.1, -0.05) is 0 Å². The summed E-state index contributed by atoms with van der Waals surface area (Å²) in [6.45, 7) is 0. The van der Waals surface area contributed by atoms with E-state index in [0.29, 0.717) is 5.82 Å². The maximum absolute atomic E-state index is 10.6. The van der Waals surface area contributed by atoms with E-state index < -0.39 is 11.1 Å². The zero-order valence-corrected chi connectivity index (χ0v) is 7.76. The topological polar surface area (TPSA) is 80.9 Å². The van der Waals surface area contributed by atoms with Crippen LogP contribution in [0.5, 0.6) is 0 Å². The Hall–Kier alpha value is -1.60. The van der Waals surface area contributed by atoms with Gasteiger partial charge in [0.2, 0.25) is 11.1 Å². The first-order valence-corrected chi connectivity index (χ1v) is 4.81. The van der Waals surface area contributed by atoms with Crippen molar-refractivity contribution in [1.82, 2.24) is 19.7 Å². The van der Waals surface area contributed by atoms with Gasteiger partial charge in [0.25, 0.3) is 0 Å². The van der Waals surface area contributed by atoms with Crippen LogP contribution in [0.4, 0.5) is 0 Å². The van der Waals surface area contributed by atoms with Gasteiger partial charge in [0.05, 0.1) is 0 Å². The third-order valence-electron chi connectivity index (χ3n) is 1.57. The molecule has 7 heteroatoms. The van der Waals surface area contributed by atoms with Gasteiger partial charge in [-0.3, -0.25) is 4.57 Å². The van der Waals surface area contributed by atoms with E-state index in [1.165, 1.54) is 6.07 Å². The smallest absolute Gasteiger partial charge is 0.207 e. The predicted octanol–water partition coefficient (Wildman–Crippen LogP) is 0.243. The molecule has 0 aromatic carbocycles. The summed E-state index contributed by atoms with van der Waals surface area (Å²) in [4.78, 5) is 3.84. The molecule has 0 aliphatic carbocycles. The van der Waals surface area contributed by atoms with Gasteiger partial charge in [0.15, 0.2) is 10.8 Å². The van der Waals surface area contributed by atoms with Crippen molar-refractivity contribution in [1.29, 1.82) is 0 Å². The zero-order chi connectivity index (χ0) is 9.97. The fourth-order valence-corrected chi connectivity index (χ4v) is 1.23. The molecular formula is C7H6N4O2S. The molecule has 1 unspecified atom stereocenters. The summed E-state index contributed by atoms with van der Waals surface area (Å²) in [5.74, 6) is 0.553. The number of hydrogen-bond acceptors (Lipinski definition) is 4. The number of aromatic nitrogens is 4. The second kappa shape index (κ2) is 3.64. The van der Waals surface area contributed by atoms with Crippen molar-refractivity contribution in [2.75, 3.05) is 0 Å². The largest absolute Gasteiger partial charge is 0.301 e. The molecule has 0 radical (unpaired) electrons. The van der Waals surface area contributed by atoms with Crippen molar-refractivity contribution in [3.05, 3.63) is 30.9 Å². The van der Waals surface area contributed by atoms with Gasteiger partial charge < -0.3 is 4.55 Å². The van der Waals surface area contributed by atoms with Gasteiger partial charge >= 0.3 is 0 Å². The van der Waals surface area contributed by atoms with Gasteiger partial charge in [0.1, 0.15) is 6.33 Å². The summed E-state index contributed by atoms with van der Waals surface area (Å²) in [6.07, 6.45) is 4.89. The van der Waals surface area contributed by atoms with E-state index in [-0.39, 0.29) is 5.03 Å². The third kappa shape index (κ3) is 1.68. The Morgan fingerprint density at radius 3 is 2.71 bits per heavy atom. The Morgan fingerprint density at radius 1 is 1.36 bits per heavy atom. The van der Waals surface area contributed by atoms with Crippen molar-refractivity contribution < 1.29 is 8.76 Å². The SMILES string of the molecule is O=S(O)c1ccc(-n2ccnc2)nn1. The summed E-state index contributed by atoms with van der Waals surface area (Å²) in [7, 11) is 0. The zero-order valence-electron chi connectivity index (χ0n) is 6.94. The van der Waals surface area contributed by atoms with Gasteiger partial charge in [0, 0.05) is 12.4 Å². The average molecular weight is 210 g/mol. The quantitative estimate of drug-likeness (QED) is 0.718. The highest BCUT2D eigenvalue weighted by atomic mass is 32.2. The van der Waals surface area contributed by atoms with Crippen molar-refractivity contribution >= 4 is 11.1 Å². The maximum Gasteiger partial charge on any atom is 0.207 e. The standard InChI is InChI=1S/C7H6N4O2S/c12-14(13)7-2-1-6(9-10-7)11-4-3-8-5-11/h1-5H,(H,12,13). The Morgan fingerprint density at radius 2 is 2.21 bits per heavy atom. The lowest BCUT2D eigenvalue weighted by Gasteiger charge is -1.98. The maximum atomic E-state index is 10.6. The van der Waals surface area contributed by atoms with Gasteiger partial charge in [-0.15, -0.1) is 10.2 Å². The fourth-order valence-electron chi connectivity index (χ4n) is 0.938. The highest BCUT2D eigenvalue weighted by Crippen LogP contribution is 2.04. The lowest BCUT2D eigenvalue weighted by atomic mass is 10.5.